The first kappa shape index (κ1) is 16.0. The van der Waals surface area contributed by atoms with Gasteiger partial charge >= 0.3 is 5.97 Å². The van der Waals surface area contributed by atoms with Crippen LogP contribution in [0.2, 0.25) is 5.02 Å². The molecule has 25 heavy (non-hydrogen) atoms. The molecule has 2 aromatic rings. The molecule has 0 amide bonds. The zero-order valence-corrected chi connectivity index (χ0v) is 14.5. The Labute approximate surface area is 151 Å². The molecule has 0 radical (unpaired) electrons. The van der Waals surface area contributed by atoms with Crippen LogP contribution < -0.4 is 10.2 Å². The minimum absolute atomic E-state index is 0.570. The fourth-order valence-electron chi connectivity index (χ4n) is 3.65. The molecule has 0 saturated carbocycles. The fourth-order valence-corrected chi connectivity index (χ4v) is 3.81. The van der Waals surface area contributed by atoms with E-state index >= 15 is 0 Å². The summed E-state index contributed by atoms with van der Waals surface area (Å²) in [5.41, 5.74) is 4.47. The van der Waals surface area contributed by atoms with Gasteiger partial charge in [0.25, 0.3) is 0 Å². The van der Waals surface area contributed by atoms with Crippen molar-refractivity contribution in [2.24, 2.45) is 0 Å². The van der Waals surface area contributed by atoms with E-state index in [4.69, 9.17) is 11.6 Å². The second-order valence-corrected chi connectivity index (χ2v) is 6.94. The van der Waals surface area contributed by atoms with Crippen LogP contribution in [0.4, 0.5) is 11.4 Å². The lowest BCUT2D eigenvalue weighted by Crippen LogP contribution is -2.41. The van der Waals surface area contributed by atoms with Crippen LogP contribution >= 0.6 is 11.6 Å². The van der Waals surface area contributed by atoms with Crippen LogP contribution in [0.5, 0.6) is 0 Å². The van der Waals surface area contributed by atoms with Gasteiger partial charge in [0.1, 0.15) is 11.9 Å². The van der Waals surface area contributed by atoms with Crippen molar-refractivity contribution >= 4 is 28.9 Å². The van der Waals surface area contributed by atoms with Gasteiger partial charge in [-0.25, -0.2) is 4.79 Å². The third-order valence-electron chi connectivity index (χ3n) is 4.85. The van der Waals surface area contributed by atoms with Crippen LogP contribution in [-0.2, 0) is 11.2 Å². The first-order chi connectivity index (χ1) is 12.1. The van der Waals surface area contributed by atoms with Crippen molar-refractivity contribution in [2.75, 3.05) is 4.90 Å². The predicted molar refractivity (Wildman–Crippen MR) is 99.2 cm³/mol. The van der Waals surface area contributed by atoms with Gasteiger partial charge in [0.15, 0.2) is 0 Å². The second kappa shape index (κ2) is 6.45. The highest BCUT2D eigenvalue weighted by Crippen LogP contribution is 2.41. The molecule has 2 aliphatic heterocycles. The lowest BCUT2D eigenvalue weighted by molar-refractivity contribution is -0.139. The molecule has 0 fully saturated rings. The van der Waals surface area contributed by atoms with Crippen LogP contribution in [0.1, 0.15) is 24.8 Å². The van der Waals surface area contributed by atoms with Crippen molar-refractivity contribution in [1.29, 1.82) is 0 Å². The van der Waals surface area contributed by atoms with Crippen LogP contribution in [0.15, 0.2) is 59.9 Å². The van der Waals surface area contributed by atoms with Gasteiger partial charge < -0.3 is 10.4 Å². The molecule has 0 saturated heterocycles. The SMILES string of the molecule is O=C(O)C1CCCC2=C(N1)N(c1ccccc1)c1cc(Cl)ccc1C2. The van der Waals surface area contributed by atoms with Gasteiger partial charge in [-0.05, 0) is 61.1 Å². The number of nitrogens with one attached hydrogen (secondary N) is 1. The predicted octanol–water partition coefficient (Wildman–Crippen LogP) is 4.47. The summed E-state index contributed by atoms with van der Waals surface area (Å²) in [5.74, 6) is 0.0875. The van der Waals surface area contributed by atoms with Gasteiger partial charge in [-0.2, -0.15) is 0 Å². The molecule has 128 valence electrons. The number of allylic oxidation sites excluding steroid dienone is 1. The third kappa shape index (κ3) is 2.98. The topological polar surface area (TPSA) is 52.6 Å². The molecule has 4 nitrogen and oxygen atoms in total. The van der Waals surface area contributed by atoms with Gasteiger partial charge in [-0.15, -0.1) is 0 Å². The van der Waals surface area contributed by atoms with Crippen molar-refractivity contribution in [3.05, 3.63) is 70.5 Å². The fraction of sp³-hybridized carbons (Fsp3) is 0.250. The lowest BCUT2D eigenvalue weighted by atomic mass is 9.94. The maximum Gasteiger partial charge on any atom is 0.326 e. The number of rotatable bonds is 2. The largest absolute Gasteiger partial charge is 0.480 e. The average Bonchev–Trinajstić information content (AvgIpc) is 2.83. The third-order valence-corrected chi connectivity index (χ3v) is 5.08. The Kier molecular flexibility index (Phi) is 4.14. The highest BCUT2D eigenvalue weighted by Gasteiger charge is 2.31. The summed E-state index contributed by atoms with van der Waals surface area (Å²) in [4.78, 5) is 13.7. The molecular weight excluding hydrogens is 336 g/mol. The Balaban J connectivity index is 1.87. The summed E-state index contributed by atoms with van der Waals surface area (Å²) in [6.07, 6.45) is 3.22. The number of carbonyl (C=O) groups is 1. The molecule has 2 heterocycles. The molecule has 5 heteroatoms. The molecular formula is C20H19ClN2O2. The number of anilines is 2. The van der Waals surface area contributed by atoms with E-state index in [1.807, 2.05) is 42.5 Å². The number of benzene rings is 2. The standard InChI is InChI=1S/C20H19ClN2O2/c21-15-10-9-13-11-14-5-4-8-17(20(24)25)22-19(14)23(18(13)12-15)16-6-2-1-3-7-16/h1-3,6-7,9-10,12,17,22H,4-5,8,11H2,(H,24,25). The molecule has 2 N–H and O–H groups in total. The molecule has 0 spiro atoms. The van der Waals surface area contributed by atoms with Gasteiger partial charge in [0.05, 0.1) is 5.69 Å². The van der Waals surface area contributed by atoms with Crippen LogP contribution in [-0.4, -0.2) is 17.1 Å². The van der Waals surface area contributed by atoms with Crippen LogP contribution in [0, 0.1) is 0 Å². The molecule has 0 aromatic heterocycles. The Morgan fingerprint density at radius 3 is 2.76 bits per heavy atom. The number of carboxylic acid groups (broad SMARTS) is 1. The summed E-state index contributed by atoms with van der Waals surface area (Å²) >= 11 is 6.26. The molecule has 2 aliphatic rings. The molecule has 0 aliphatic carbocycles. The lowest BCUT2D eigenvalue weighted by Gasteiger charge is -2.36. The zero-order chi connectivity index (χ0) is 17.4. The van der Waals surface area contributed by atoms with Gasteiger partial charge in [0.2, 0.25) is 0 Å². The zero-order valence-electron chi connectivity index (χ0n) is 13.7. The van der Waals surface area contributed by atoms with Gasteiger partial charge in [0, 0.05) is 10.7 Å². The number of hydrogen-bond acceptors (Lipinski definition) is 3. The van der Waals surface area contributed by atoms with Crippen molar-refractivity contribution in [2.45, 2.75) is 31.7 Å². The Morgan fingerprint density at radius 2 is 2.00 bits per heavy atom. The van der Waals surface area contributed by atoms with E-state index in [2.05, 4.69) is 16.3 Å². The number of nitrogens with zero attached hydrogens (tertiary/aromatic N) is 1. The number of para-hydroxylation sites is 1. The van der Waals surface area contributed by atoms with Crippen molar-refractivity contribution in [1.82, 2.24) is 5.32 Å². The maximum atomic E-state index is 11.6. The monoisotopic (exact) mass is 354 g/mol. The molecule has 1 unspecified atom stereocenters. The number of carboxylic acids is 1. The first-order valence-electron chi connectivity index (χ1n) is 8.48. The second-order valence-electron chi connectivity index (χ2n) is 6.50. The van der Waals surface area contributed by atoms with Crippen LogP contribution in [0.25, 0.3) is 0 Å². The van der Waals surface area contributed by atoms with E-state index in [-0.39, 0.29) is 0 Å². The average molecular weight is 355 g/mol. The highest BCUT2D eigenvalue weighted by atomic mass is 35.5. The Bertz CT molecular complexity index is 848. The van der Waals surface area contributed by atoms with Crippen LogP contribution in [0.3, 0.4) is 0 Å². The van der Waals surface area contributed by atoms with E-state index in [0.717, 1.165) is 36.5 Å². The van der Waals surface area contributed by atoms with E-state index < -0.39 is 12.0 Å². The summed E-state index contributed by atoms with van der Waals surface area (Å²) in [5, 5.41) is 13.5. The molecule has 0 bridgehead atoms. The highest BCUT2D eigenvalue weighted by molar-refractivity contribution is 6.31. The maximum absolute atomic E-state index is 11.6. The Hall–Kier alpha value is -2.46. The van der Waals surface area contributed by atoms with Crippen molar-refractivity contribution in [3.8, 4) is 0 Å². The molecule has 4 rings (SSSR count). The van der Waals surface area contributed by atoms with E-state index in [1.165, 1.54) is 11.1 Å². The van der Waals surface area contributed by atoms with E-state index in [1.54, 1.807) is 0 Å². The summed E-state index contributed by atoms with van der Waals surface area (Å²) in [6.45, 7) is 0. The number of fused-ring (bicyclic) bond motifs is 1. The minimum Gasteiger partial charge on any atom is -0.480 e. The Morgan fingerprint density at radius 1 is 1.20 bits per heavy atom. The van der Waals surface area contributed by atoms with Gasteiger partial charge in [-0.3, -0.25) is 4.90 Å². The number of hydrogen-bond donors (Lipinski definition) is 2. The van der Waals surface area contributed by atoms with Gasteiger partial charge in [-0.1, -0.05) is 35.9 Å². The van der Waals surface area contributed by atoms with E-state index in [9.17, 15) is 9.90 Å². The smallest absolute Gasteiger partial charge is 0.326 e. The van der Waals surface area contributed by atoms with Crippen molar-refractivity contribution in [3.63, 3.8) is 0 Å². The number of aliphatic carboxylic acids is 1. The molecule has 2 aromatic carbocycles. The first-order valence-corrected chi connectivity index (χ1v) is 8.86. The molecule has 1 atom stereocenters. The summed E-state index contributed by atoms with van der Waals surface area (Å²) in [7, 11) is 0. The number of halogens is 1. The van der Waals surface area contributed by atoms with Crippen molar-refractivity contribution < 1.29 is 9.90 Å². The quantitative estimate of drug-likeness (QED) is 0.835. The minimum atomic E-state index is -0.807. The summed E-state index contributed by atoms with van der Waals surface area (Å²) in [6, 6.07) is 15.4. The normalized spacial score (nSPS) is 19.6. The van der Waals surface area contributed by atoms with E-state index in [0.29, 0.717) is 11.4 Å². The summed E-state index contributed by atoms with van der Waals surface area (Å²) < 4.78 is 0.